The molecule has 2 saturated heterocycles. The Morgan fingerprint density at radius 1 is 1.25 bits per heavy atom. The van der Waals surface area contributed by atoms with Crippen LogP contribution in [0.15, 0.2) is 11.6 Å². The normalized spacial score (nSPS) is 36.8. The molecule has 2 heterocycles. The highest BCUT2D eigenvalue weighted by atomic mass is 16.6. The highest BCUT2D eigenvalue weighted by molar-refractivity contribution is 5.82. The quantitative estimate of drug-likeness (QED) is 0.358. The van der Waals surface area contributed by atoms with Crippen LogP contribution in [0, 0.1) is 11.3 Å². The zero-order valence-electron chi connectivity index (χ0n) is 20.7. The zero-order chi connectivity index (χ0) is 23.9. The van der Waals surface area contributed by atoms with Crippen LogP contribution in [0.1, 0.15) is 60.8 Å². The molecule has 1 N–H and O–H groups in total. The van der Waals surface area contributed by atoms with Gasteiger partial charge in [-0.05, 0) is 45.4 Å². The predicted octanol–water partition coefficient (Wildman–Crippen LogP) is 3.38. The van der Waals surface area contributed by atoms with Gasteiger partial charge in [-0.3, -0.25) is 0 Å². The number of epoxide rings is 2. The molecule has 1 aliphatic carbocycles. The van der Waals surface area contributed by atoms with Crippen LogP contribution in [-0.4, -0.2) is 68.4 Å². The summed E-state index contributed by atoms with van der Waals surface area (Å²) in [5.41, 5.74) is 0.0398. The summed E-state index contributed by atoms with van der Waals surface area (Å²) in [6.45, 7) is 12.5. The van der Waals surface area contributed by atoms with E-state index in [9.17, 15) is 9.59 Å². The number of hydrogen-bond acceptors (Lipinski definition) is 7. The number of esters is 1. The van der Waals surface area contributed by atoms with E-state index in [4.69, 9.17) is 23.7 Å². The smallest absolute Gasteiger partial charge is 0.408 e. The molecule has 0 aromatic carbocycles. The maximum Gasteiger partial charge on any atom is 0.408 e. The van der Waals surface area contributed by atoms with E-state index in [1.807, 2.05) is 20.8 Å². The number of allylic oxidation sites excluding steroid dienone is 1. The van der Waals surface area contributed by atoms with Gasteiger partial charge in [0.2, 0.25) is 0 Å². The second kappa shape index (κ2) is 8.95. The molecule has 0 bridgehead atoms. The fraction of sp³-hybridized carbons (Fsp3) is 0.833. The Balaban J connectivity index is 1.72. The van der Waals surface area contributed by atoms with Gasteiger partial charge in [-0.25, -0.2) is 9.59 Å². The second-order valence-corrected chi connectivity index (χ2v) is 10.8. The van der Waals surface area contributed by atoms with Gasteiger partial charge in [0, 0.05) is 7.11 Å². The maximum absolute atomic E-state index is 12.8. The zero-order valence-corrected chi connectivity index (χ0v) is 20.7. The molecule has 1 unspecified atom stereocenters. The number of ether oxygens (including phenoxy) is 5. The van der Waals surface area contributed by atoms with Crippen molar-refractivity contribution in [1.29, 1.82) is 0 Å². The molecule has 3 fully saturated rings. The fourth-order valence-electron chi connectivity index (χ4n) is 5.11. The number of carbonyl (C=O) groups excluding carboxylic acids is 2. The first-order valence-corrected chi connectivity index (χ1v) is 11.4. The summed E-state index contributed by atoms with van der Waals surface area (Å²) in [6, 6.07) is -0.823. The lowest BCUT2D eigenvalue weighted by atomic mass is 9.68. The Labute approximate surface area is 191 Å². The molecule has 8 nitrogen and oxygen atoms in total. The topological polar surface area (TPSA) is 98.9 Å². The van der Waals surface area contributed by atoms with E-state index >= 15 is 0 Å². The second-order valence-electron chi connectivity index (χ2n) is 10.8. The summed E-state index contributed by atoms with van der Waals surface area (Å²) in [6.07, 6.45) is 2.99. The van der Waals surface area contributed by atoms with Crippen molar-refractivity contribution in [3.8, 4) is 0 Å². The monoisotopic (exact) mass is 453 g/mol. The molecular weight excluding hydrogens is 414 g/mol. The molecule has 0 radical (unpaired) electrons. The third kappa shape index (κ3) is 4.97. The Morgan fingerprint density at radius 3 is 2.41 bits per heavy atom. The van der Waals surface area contributed by atoms with Crippen molar-refractivity contribution in [3.05, 3.63) is 11.6 Å². The molecule has 3 aliphatic rings. The van der Waals surface area contributed by atoms with Crippen LogP contribution in [0.5, 0.6) is 0 Å². The van der Waals surface area contributed by atoms with E-state index in [-0.39, 0.29) is 23.7 Å². The molecule has 3 rings (SSSR count). The van der Waals surface area contributed by atoms with E-state index in [0.717, 1.165) is 12.8 Å². The first-order valence-electron chi connectivity index (χ1n) is 11.4. The van der Waals surface area contributed by atoms with E-state index < -0.39 is 35.2 Å². The summed E-state index contributed by atoms with van der Waals surface area (Å²) < 4.78 is 28.7. The predicted molar refractivity (Wildman–Crippen MR) is 118 cm³/mol. The van der Waals surface area contributed by atoms with Crippen LogP contribution in [-0.2, 0) is 28.5 Å². The van der Waals surface area contributed by atoms with Gasteiger partial charge in [0.1, 0.15) is 29.5 Å². The molecule has 1 spiro atoms. The molecule has 1 saturated carbocycles. The summed E-state index contributed by atoms with van der Waals surface area (Å²) in [5.74, 6) is -0.563. The molecular formula is C24H39NO7. The average Bonchev–Trinajstić information content (AvgIpc) is 3.62. The lowest BCUT2D eigenvalue weighted by molar-refractivity contribution is -0.146. The van der Waals surface area contributed by atoms with Gasteiger partial charge in [0.05, 0.1) is 25.7 Å². The van der Waals surface area contributed by atoms with Crippen molar-refractivity contribution in [2.75, 3.05) is 20.8 Å². The standard InChI is InChI=1S/C24H39NO7/c1-14(2)9-10-16-23(6,32-16)18-17(28-7)15(11-12-24(18)13-30-24)31-21(27)25-19(20(26)29-8)22(3,4)5/h9,15-19H,10-13H2,1-8H3,(H,25,27)/t15-,16-,17?,18-,19+,23+,24+/m1/s1. The number of hydrogen-bond donors (Lipinski definition) is 1. The van der Waals surface area contributed by atoms with Crippen LogP contribution in [0.25, 0.3) is 0 Å². The van der Waals surface area contributed by atoms with Crippen molar-refractivity contribution >= 4 is 12.1 Å². The number of rotatable bonds is 7. The van der Waals surface area contributed by atoms with Gasteiger partial charge in [-0.2, -0.15) is 0 Å². The molecule has 7 atom stereocenters. The van der Waals surface area contributed by atoms with Crippen LogP contribution in [0.2, 0.25) is 0 Å². The minimum atomic E-state index is -0.823. The van der Waals surface area contributed by atoms with Gasteiger partial charge >= 0.3 is 12.1 Å². The Kier molecular flexibility index (Phi) is 6.99. The average molecular weight is 454 g/mol. The molecule has 8 heteroatoms. The van der Waals surface area contributed by atoms with Gasteiger partial charge < -0.3 is 29.0 Å². The Hall–Kier alpha value is -1.64. The SMILES string of the molecule is COC(=O)[C@H](NC(=O)O[C@@H]1CC[C@]2(CO2)[C@@H]([C@@]2(C)O[C@@H]2CC=C(C)C)C1OC)C(C)(C)C. The lowest BCUT2D eigenvalue weighted by Crippen LogP contribution is -2.57. The summed E-state index contributed by atoms with van der Waals surface area (Å²) in [4.78, 5) is 25.0. The molecule has 0 aromatic rings. The number of carbonyl (C=O) groups is 2. The summed E-state index contributed by atoms with van der Waals surface area (Å²) in [5, 5.41) is 2.69. The van der Waals surface area contributed by atoms with Crippen molar-refractivity contribution in [2.45, 2.75) is 96.4 Å². The largest absolute Gasteiger partial charge is 0.467 e. The third-order valence-corrected chi connectivity index (χ3v) is 7.06. The van der Waals surface area contributed by atoms with Crippen molar-refractivity contribution < 1.29 is 33.3 Å². The first-order chi connectivity index (χ1) is 14.9. The number of alkyl carbamates (subject to hydrolysis) is 1. The van der Waals surface area contributed by atoms with Crippen LogP contribution in [0.3, 0.4) is 0 Å². The highest BCUT2D eigenvalue weighted by Gasteiger charge is 2.72. The first kappa shape index (κ1) is 25.0. The van der Waals surface area contributed by atoms with Crippen LogP contribution >= 0.6 is 0 Å². The minimum Gasteiger partial charge on any atom is -0.467 e. The third-order valence-electron chi connectivity index (χ3n) is 7.06. The van der Waals surface area contributed by atoms with Gasteiger partial charge in [-0.15, -0.1) is 0 Å². The van der Waals surface area contributed by atoms with Crippen molar-refractivity contribution in [1.82, 2.24) is 5.32 Å². The minimum absolute atomic E-state index is 0.0545. The van der Waals surface area contributed by atoms with E-state index in [1.54, 1.807) is 7.11 Å². The molecule has 0 aromatic heterocycles. The molecule has 1 amide bonds. The highest BCUT2D eigenvalue weighted by Crippen LogP contribution is 2.59. The Bertz CT molecular complexity index is 750. The number of methoxy groups -OCH3 is 2. The van der Waals surface area contributed by atoms with Crippen molar-refractivity contribution in [2.24, 2.45) is 11.3 Å². The number of amides is 1. The Morgan fingerprint density at radius 2 is 1.91 bits per heavy atom. The summed E-state index contributed by atoms with van der Waals surface area (Å²) >= 11 is 0. The van der Waals surface area contributed by atoms with E-state index in [2.05, 4.69) is 32.2 Å². The van der Waals surface area contributed by atoms with E-state index in [1.165, 1.54) is 12.7 Å². The maximum atomic E-state index is 12.8. The van der Waals surface area contributed by atoms with Crippen LogP contribution in [0.4, 0.5) is 4.79 Å². The van der Waals surface area contributed by atoms with Gasteiger partial charge in [-0.1, -0.05) is 32.4 Å². The van der Waals surface area contributed by atoms with Gasteiger partial charge in [0.25, 0.3) is 0 Å². The van der Waals surface area contributed by atoms with E-state index in [0.29, 0.717) is 13.0 Å². The summed E-state index contributed by atoms with van der Waals surface area (Å²) in [7, 11) is 2.94. The molecule has 32 heavy (non-hydrogen) atoms. The van der Waals surface area contributed by atoms with Crippen LogP contribution < -0.4 is 5.32 Å². The van der Waals surface area contributed by atoms with Crippen molar-refractivity contribution in [3.63, 3.8) is 0 Å². The molecule has 2 aliphatic heterocycles. The fourth-order valence-corrected chi connectivity index (χ4v) is 5.11. The lowest BCUT2D eigenvalue weighted by Gasteiger charge is -2.42. The number of nitrogens with one attached hydrogen (secondary N) is 1. The molecule has 182 valence electrons. The van der Waals surface area contributed by atoms with Gasteiger partial charge in [0.15, 0.2) is 0 Å².